The second kappa shape index (κ2) is 5.75. The van der Waals surface area contributed by atoms with E-state index in [9.17, 15) is 0 Å². The van der Waals surface area contributed by atoms with Gasteiger partial charge in [-0.1, -0.05) is 0 Å². The Bertz CT molecular complexity index is 318. The predicted octanol–water partition coefficient (Wildman–Crippen LogP) is 2.03. The van der Waals surface area contributed by atoms with E-state index < -0.39 is 0 Å². The summed E-state index contributed by atoms with van der Waals surface area (Å²) in [7, 11) is 0. The van der Waals surface area contributed by atoms with Crippen LogP contribution >= 0.6 is 11.3 Å². The molecule has 1 N–H and O–H groups in total. The molecule has 1 aromatic rings. The van der Waals surface area contributed by atoms with Gasteiger partial charge in [-0.05, 0) is 39.8 Å². The van der Waals surface area contributed by atoms with Crippen molar-refractivity contribution in [1.82, 2.24) is 15.2 Å². The average molecular weight is 239 g/mol. The molecular formula is C12H21N3S. The van der Waals surface area contributed by atoms with Gasteiger partial charge in [0.05, 0.1) is 5.01 Å². The Morgan fingerprint density at radius 2 is 2.25 bits per heavy atom. The van der Waals surface area contributed by atoms with Gasteiger partial charge >= 0.3 is 0 Å². The number of nitrogens with one attached hydrogen (secondary N) is 1. The van der Waals surface area contributed by atoms with Gasteiger partial charge in [0, 0.05) is 30.2 Å². The number of aromatic nitrogens is 1. The first-order valence-corrected chi connectivity index (χ1v) is 6.93. The van der Waals surface area contributed by atoms with Crippen molar-refractivity contribution < 1.29 is 0 Å². The maximum Gasteiger partial charge on any atom is 0.0897 e. The highest BCUT2D eigenvalue weighted by Gasteiger charge is 2.17. The number of hydrogen-bond donors (Lipinski definition) is 1. The highest BCUT2D eigenvalue weighted by Crippen LogP contribution is 2.12. The molecule has 0 aromatic carbocycles. The van der Waals surface area contributed by atoms with Crippen molar-refractivity contribution in [2.24, 2.45) is 0 Å². The highest BCUT2D eigenvalue weighted by atomic mass is 32.1. The Morgan fingerprint density at radius 1 is 1.50 bits per heavy atom. The molecule has 1 atom stereocenters. The minimum atomic E-state index is 0.663. The average Bonchev–Trinajstić information content (AvgIpc) is 2.89. The lowest BCUT2D eigenvalue weighted by molar-refractivity contribution is 0.252. The van der Waals surface area contributed by atoms with Crippen molar-refractivity contribution in [2.45, 2.75) is 39.3 Å². The monoisotopic (exact) mass is 239 g/mol. The maximum atomic E-state index is 4.26. The zero-order valence-corrected chi connectivity index (χ0v) is 11.0. The lowest BCUT2D eigenvalue weighted by atomic mass is 10.3. The fourth-order valence-corrected chi connectivity index (χ4v) is 2.97. The van der Waals surface area contributed by atoms with Crippen molar-refractivity contribution in [3.8, 4) is 0 Å². The van der Waals surface area contributed by atoms with Crippen molar-refractivity contribution in [3.63, 3.8) is 0 Å². The van der Waals surface area contributed by atoms with Gasteiger partial charge in [0.2, 0.25) is 0 Å². The molecule has 1 unspecified atom stereocenters. The van der Waals surface area contributed by atoms with Gasteiger partial charge in [-0.2, -0.15) is 0 Å². The molecule has 0 bridgehead atoms. The van der Waals surface area contributed by atoms with Gasteiger partial charge in [0.1, 0.15) is 0 Å². The van der Waals surface area contributed by atoms with E-state index in [2.05, 4.69) is 29.0 Å². The number of rotatable bonds is 5. The number of likely N-dealkylation sites (tertiary alicyclic amines) is 1. The molecule has 0 aliphatic carbocycles. The van der Waals surface area contributed by atoms with E-state index in [0.29, 0.717) is 6.04 Å². The first kappa shape index (κ1) is 12.0. The van der Waals surface area contributed by atoms with Crippen molar-refractivity contribution >= 4 is 11.3 Å². The zero-order valence-electron chi connectivity index (χ0n) is 10.2. The van der Waals surface area contributed by atoms with E-state index in [0.717, 1.165) is 18.1 Å². The summed E-state index contributed by atoms with van der Waals surface area (Å²) in [5, 5.41) is 4.68. The summed E-state index contributed by atoms with van der Waals surface area (Å²) in [6.07, 6.45) is 4.73. The lowest BCUT2D eigenvalue weighted by Crippen LogP contribution is -2.38. The first-order valence-electron chi connectivity index (χ1n) is 6.12. The van der Waals surface area contributed by atoms with E-state index >= 15 is 0 Å². The standard InChI is InChI=1S/C12H21N3S/c1-10(15-5-3-4-6-15)7-13-8-12-9-14-11(2)16-12/h9-10,13H,3-8H2,1-2H3. The van der Waals surface area contributed by atoms with Gasteiger partial charge in [-0.15, -0.1) is 11.3 Å². The molecule has 2 rings (SSSR count). The summed E-state index contributed by atoms with van der Waals surface area (Å²) in [5.41, 5.74) is 0. The van der Waals surface area contributed by atoms with Crippen LogP contribution in [0.5, 0.6) is 0 Å². The Morgan fingerprint density at radius 3 is 2.88 bits per heavy atom. The summed E-state index contributed by atoms with van der Waals surface area (Å²) in [6, 6.07) is 0.663. The molecule has 0 saturated carbocycles. The second-order valence-corrected chi connectivity index (χ2v) is 5.89. The third kappa shape index (κ3) is 3.27. The summed E-state index contributed by atoms with van der Waals surface area (Å²) < 4.78 is 0. The van der Waals surface area contributed by atoms with Gasteiger partial charge in [0.25, 0.3) is 0 Å². The minimum absolute atomic E-state index is 0.663. The fourth-order valence-electron chi connectivity index (χ4n) is 2.20. The SMILES string of the molecule is Cc1ncc(CNCC(C)N2CCCC2)s1. The van der Waals surface area contributed by atoms with Crippen molar-refractivity contribution in [1.29, 1.82) is 0 Å². The first-order chi connectivity index (χ1) is 7.75. The molecule has 16 heavy (non-hydrogen) atoms. The summed E-state index contributed by atoms with van der Waals surface area (Å²) in [6.45, 7) is 8.98. The van der Waals surface area contributed by atoms with Crippen molar-refractivity contribution in [3.05, 3.63) is 16.1 Å². The van der Waals surface area contributed by atoms with Crippen LogP contribution in [0, 0.1) is 6.92 Å². The van der Waals surface area contributed by atoms with E-state index in [1.54, 1.807) is 11.3 Å². The van der Waals surface area contributed by atoms with Crippen LogP contribution in [0.1, 0.15) is 29.7 Å². The van der Waals surface area contributed by atoms with E-state index in [1.807, 2.05) is 6.20 Å². The van der Waals surface area contributed by atoms with Crippen LogP contribution in [0.4, 0.5) is 0 Å². The molecule has 1 aliphatic rings. The topological polar surface area (TPSA) is 28.2 Å². The second-order valence-electron chi connectivity index (χ2n) is 4.57. The van der Waals surface area contributed by atoms with E-state index in [-0.39, 0.29) is 0 Å². The molecule has 0 radical (unpaired) electrons. The van der Waals surface area contributed by atoms with Gasteiger partial charge in [0.15, 0.2) is 0 Å². The third-order valence-electron chi connectivity index (χ3n) is 3.17. The van der Waals surface area contributed by atoms with Crippen LogP contribution in [0.3, 0.4) is 0 Å². The minimum Gasteiger partial charge on any atom is -0.310 e. The number of aryl methyl sites for hydroxylation is 1. The van der Waals surface area contributed by atoms with Crippen LogP contribution in [-0.2, 0) is 6.54 Å². The summed E-state index contributed by atoms with van der Waals surface area (Å²) in [4.78, 5) is 8.17. The molecule has 90 valence electrons. The van der Waals surface area contributed by atoms with Crippen LogP contribution in [0.15, 0.2) is 6.20 Å². The van der Waals surface area contributed by atoms with Crippen LogP contribution in [0.2, 0.25) is 0 Å². The molecule has 1 fully saturated rings. The van der Waals surface area contributed by atoms with Crippen LogP contribution < -0.4 is 5.32 Å². The normalized spacial score (nSPS) is 19.1. The Labute approximate surface area is 102 Å². The molecular weight excluding hydrogens is 218 g/mol. The molecule has 1 aliphatic heterocycles. The van der Waals surface area contributed by atoms with Gasteiger partial charge in [-0.25, -0.2) is 4.98 Å². The molecule has 1 aromatic heterocycles. The van der Waals surface area contributed by atoms with Crippen LogP contribution in [0.25, 0.3) is 0 Å². The number of nitrogens with zero attached hydrogens (tertiary/aromatic N) is 2. The summed E-state index contributed by atoms with van der Waals surface area (Å²) >= 11 is 1.78. The number of hydrogen-bond acceptors (Lipinski definition) is 4. The molecule has 4 heteroatoms. The zero-order chi connectivity index (χ0) is 11.4. The lowest BCUT2D eigenvalue weighted by Gasteiger charge is -2.23. The smallest absolute Gasteiger partial charge is 0.0897 e. The maximum absolute atomic E-state index is 4.26. The Kier molecular flexibility index (Phi) is 4.32. The van der Waals surface area contributed by atoms with Crippen molar-refractivity contribution in [2.75, 3.05) is 19.6 Å². The van der Waals surface area contributed by atoms with Crippen LogP contribution in [-0.4, -0.2) is 35.6 Å². The largest absolute Gasteiger partial charge is 0.310 e. The van der Waals surface area contributed by atoms with Gasteiger partial charge in [-0.3, -0.25) is 4.90 Å². The quantitative estimate of drug-likeness (QED) is 0.852. The predicted molar refractivity (Wildman–Crippen MR) is 68.8 cm³/mol. The number of thiazole rings is 1. The Balaban J connectivity index is 1.67. The molecule has 0 spiro atoms. The molecule has 1 saturated heterocycles. The van der Waals surface area contributed by atoms with E-state index in [1.165, 1.54) is 30.8 Å². The molecule has 2 heterocycles. The Hall–Kier alpha value is -0.450. The summed E-state index contributed by atoms with van der Waals surface area (Å²) in [5.74, 6) is 0. The molecule has 3 nitrogen and oxygen atoms in total. The fraction of sp³-hybridized carbons (Fsp3) is 0.750. The van der Waals surface area contributed by atoms with Gasteiger partial charge < -0.3 is 5.32 Å². The highest BCUT2D eigenvalue weighted by molar-refractivity contribution is 7.11. The third-order valence-corrected chi connectivity index (χ3v) is 4.08. The van der Waals surface area contributed by atoms with E-state index in [4.69, 9.17) is 0 Å². The molecule has 0 amide bonds.